The van der Waals surface area contributed by atoms with Gasteiger partial charge in [-0.05, 0) is 32.0 Å². The van der Waals surface area contributed by atoms with E-state index in [1.165, 1.54) is 16.9 Å². The first-order chi connectivity index (χ1) is 14.5. The Hall–Kier alpha value is -3.58. The molecule has 10 heteroatoms. The molecule has 0 N–H and O–H groups in total. The van der Waals surface area contributed by atoms with Crippen LogP contribution in [0.5, 0.6) is 0 Å². The van der Waals surface area contributed by atoms with E-state index in [9.17, 15) is 10.1 Å². The average Bonchev–Trinajstić information content (AvgIpc) is 3.11. The minimum atomic E-state index is -0.128. The van der Waals surface area contributed by atoms with E-state index in [0.29, 0.717) is 30.3 Å². The number of aryl methyl sites for hydroxylation is 2. The summed E-state index contributed by atoms with van der Waals surface area (Å²) in [5, 5.41) is 26.2. The average molecular weight is 405 g/mol. The second kappa shape index (κ2) is 8.42. The monoisotopic (exact) mass is 405 g/mol. The number of aromatic nitrogens is 6. The van der Waals surface area contributed by atoms with Crippen LogP contribution in [0.2, 0.25) is 0 Å². The van der Waals surface area contributed by atoms with Gasteiger partial charge in [-0.2, -0.15) is 15.5 Å². The van der Waals surface area contributed by atoms with Gasteiger partial charge in [0.25, 0.3) is 5.56 Å². The molecule has 0 saturated carbocycles. The Kier molecular flexibility index (Phi) is 5.54. The first-order valence-corrected chi connectivity index (χ1v) is 9.86. The van der Waals surface area contributed by atoms with E-state index in [1.807, 2.05) is 19.9 Å². The van der Waals surface area contributed by atoms with E-state index in [0.717, 1.165) is 37.6 Å². The molecule has 0 atom stereocenters. The van der Waals surface area contributed by atoms with Crippen LogP contribution in [-0.4, -0.2) is 67.4 Å². The molecule has 0 unspecified atom stereocenters. The number of nitriles is 1. The molecule has 0 aliphatic carbocycles. The summed E-state index contributed by atoms with van der Waals surface area (Å²) in [6.45, 7) is 8.24. The van der Waals surface area contributed by atoms with Crippen molar-refractivity contribution in [3.8, 4) is 11.9 Å². The lowest BCUT2D eigenvalue weighted by Crippen LogP contribution is -2.48. The lowest BCUT2D eigenvalue weighted by molar-refractivity contribution is 0.242. The molecule has 1 aliphatic heterocycles. The van der Waals surface area contributed by atoms with Crippen molar-refractivity contribution in [3.63, 3.8) is 0 Å². The first kappa shape index (κ1) is 19.7. The zero-order valence-electron chi connectivity index (χ0n) is 17.1. The van der Waals surface area contributed by atoms with Crippen molar-refractivity contribution in [2.24, 2.45) is 0 Å². The van der Waals surface area contributed by atoms with Gasteiger partial charge in [0.15, 0.2) is 11.6 Å². The molecule has 3 aromatic heterocycles. The van der Waals surface area contributed by atoms with Crippen LogP contribution in [0.1, 0.15) is 17.0 Å². The summed E-state index contributed by atoms with van der Waals surface area (Å²) in [4.78, 5) is 16.6. The van der Waals surface area contributed by atoms with E-state index < -0.39 is 0 Å². The van der Waals surface area contributed by atoms with Crippen molar-refractivity contribution in [2.45, 2.75) is 20.4 Å². The molecule has 0 radical (unpaired) electrons. The van der Waals surface area contributed by atoms with Crippen molar-refractivity contribution >= 4 is 5.82 Å². The summed E-state index contributed by atoms with van der Waals surface area (Å²) in [7, 11) is 0. The van der Waals surface area contributed by atoms with Crippen molar-refractivity contribution in [1.29, 1.82) is 5.26 Å². The van der Waals surface area contributed by atoms with E-state index >= 15 is 0 Å². The summed E-state index contributed by atoms with van der Waals surface area (Å²) in [5.41, 5.74) is 2.29. The maximum Gasteiger partial charge on any atom is 0.266 e. The van der Waals surface area contributed by atoms with E-state index in [2.05, 4.69) is 36.3 Å². The predicted octanol–water partition coefficient (Wildman–Crippen LogP) is 0.530. The van der Waals surface area contributed by atoms with Crippen LogP contribution in [0.15, 0.2) is 35.3 Å². The molecule has 154 valence electrons. The standard InChI is InChI=1S/C20H23N9O/c1-15-13-16(2)29(24-15)18-3-4-19(30)28(25-18)12-9-26-7-10-27(11-8-26)20-17(14-21)5-6-22-23-20/h3-6,13H,7-12H2,1-2H3. The fraction of sp³-hybridized carbons (Fsp3) is 0.400. The fourth-order valence-corrected chi connectivity index (χ4v) is 3.64. The van der Waals surface area contributed by atoms with Crippen LogP contribution >= 0.6 is 0 Å². The molecule has 1 fully saturated rings. The van der Waals surface area contributed by atoms with Gasteiger partial charge in [-0.15, -0.1) is 10.2 Å². The Labute approximate surface area is 174 Å². The number of nitrogens with zero attached hydrogens (tertiary/aromatic N) is 9. The molecular formula is C20H23N9O. The molecule has 0 bridgehead atoms. The topological polar surface area (TPSA) is 109 Å². The van der Waals surface area contributed by atoms with Crippen LogP contribution in [-0.2, 0) is 6.54 Å². The third kappa shape index (κ3) is 4.06. The molecule has 30 heavy (non-hydrogen) atoms. The highest BCUT2D eigenvalue weighted by Crippen LogP contribution is 2.17. The van der Waals surface area contributed by atoms with Gasteiger partial charge < -0.3 is 4.90 Å². The maximum atomic E-state index is 12.3. The van der Waals surface area contributed by atoms with Crippen LogP contribution in [0.3, 0.4) is 0 Å². The Balaban J connectivity index is 1.39. The Morgan fingerprint density at radius 1 is 1.07 bits per heavy atom. The SMILES string of the molecule is Cc1cc(C)n(-c2ccc(=O)n(CCN3CCN(c4nnccc4C#N)CC3)n2)n1. The van der Waals surface area contributed by atoms with Gasteiger partial charge in [-0.25, -0.2) is 9.36 Å². The highest BCUT2D eigenvalue weighted by atomic mass is 16.1. The number of rotatable bonds is 5. The van der Waals surface area contributed by atoms with Gasteiger partial charge in [-0.1, -0.05) is 0 Å². The lowest BCUT2D eigenvalue weighted by atomic mass is 10.2. The quantitative estimate of drug-likeness (QED) is 0.605. The van der Waals surface area contributed by atoms with Gasteiger partial charge in [0.1, 0.15) is 6.07 Å². The van der Waals surface area contributed by atoms with Crippen molar-refractivity contribution in [1.82, 2.24) is 34.7 Å². The largest absolute Gasteiger partial charge is 0.351 e. The summed E-state index contributed by atoms with van der Waals surface area (Å²) in [6.07, 6.45) is 1.53. The number of anilines is 1. The fourth-order valence-electron chi connectivity index (χ4n) is 3.64. The Morgan fingerprint density at radius 2 is 1.87 bits per heavy atom. The predicted molar refractivity (Wildman–Crippen MR) is 110 cm³/mol. The lowest BCUT2D eigenvalue weighted by Gasteiger charge is -2.35. The highest BCUT2D eigenvalue weighted by Gasteiger charge is 2.20. The normalized spacial score (nSPS) is 14.6. The van der Waals surface area contributed by atoms with Crippen LogP contribution in [0.4, 0.5) is 5.82 Å². The summed E-state index contributed by atoms with van der Waals surface area (Å²) in [6, 6.07) is 9.07. The number of hydrogen-bond donors (Lipinski definition) is 0. The van der Waals surface area contributed by atoms with Gasteiger partial charge >= 0.3 is 0 Å². The van der Waals surface area contributed by atoms with E-state index in [1.54, 1.807) is 16.8 Å². The smallest absolute Gasteiger partial charge is 0.266 e. The molecule has 4 heterocycles. The number of piperazine rings is 1. The third-order valence-electron chi connectivity index (χ3n) is 5.20. The minimum Gasteiger partial charge on any atom is -0.351 e. The van der Waals surface area contributed by atoms with Crippen molar-refractivity contribution in [3.05, 3.63) is 57.8 Å². The molecule has 1 aliphatic rings. The molecule has 4 rings (SSSR count). The van der Waals surface area contributed by atoms with Gasteiger partial charge in [0.05, 0.1) is 24.0 Å². The zero-order valence-corrected chi connectivity index (χ0v) is 17.1. The van der Waals surface area contributed by atoms with E-state index in [-0.39, 0.29) is 5.56 Å². The highest BCUT2D eigenvalue weighted by molar-refractivity contribution is 5.52. The van der Waals surface area contributed by atoms with Crippen LogP contribution < -0.4 is 10.5 Å². The molecule has 0 amide bonds. The molecule has 0 aromatic carbocycles. The van der Waals surface area contributed by atoms with Gasteiger partial charge in [-0.3, -0.25) is 9.69 Å². The second-order valence-electron chi connectivity index (χ2n) is 7.30. The second-order valence-corrected chi connectivity index (χ2v) is 7.30. The van der Waals surface area contributed by atoms with Crippen LogP contribution in [0, 0.1) is 25.2 Å². The maximum absolute atomic E-state index is 12.3. The Morgan fingerprint density at radius 3 is 2.57 bits per heavy atom. The molecule has 10 nitrogen and oxygen atoms in total. The van der Waals surface area contributed by atoms with Gasteiger partial charge in [0, 0.05) is 44.5 Å². The third-order valence-corrected chi connectivity index (χ3v) is 5.20. The Bertz CT molecular complexity index is 1140. The first-order valence-electron chi connectivity index (χ1n) is 9.86. The summed E-state index contributed by atoms with van der Waals surface area (Å²) >= 11 is 0. The minimum absolute atomic E-state index is 0.128. The van der Waals surface area contributed by atoms with E-state index in [4.69, 9.17) is 0 Å². The van der Waals surface area contributed by atoms with Gasteiger partial charge in [0.2, 0.25) is 0 Å². The summed E-state index contributed by atoms with van der Waals surface area (Å²) < 4.78 is 3.24. The molecular weight excluding hydrogens is 382 g/mol. The summed E-state index contributed by atoms with van der Waals surface area (Å²) in [5.74, 6) is 1.27. The number of hydrogen-bond acceptors (Lipinski definition) is 8. The van der Waals surface area contributed by atoms with Crippen molar-refractivity contribution in [2.75, 3.05) is 37.6 Å². The van der Waals surface area contributed by atoms with Crippen molar-refractivity contribution < 1.29 is 0 Å². The molecule has 0 spiro atoms. The van der Waals surface area contributed by atoms with Crippen LogP contribution in [0.25, 0.3) is 5.82 Å². The molecule has 1 saturated heterocycles. The zero-order chi connectivity index (χ0) is 21.1. The molecule has 3 aromatic rings.